The zero-order valence-electron chi connectivity index (χ0n) is 11.2. The molecule has 1 fully saturated rings. The second-order valence-corrected chi connectivity index (χ2v) is 5.70. The van der Waals surface area contributed by atoms with Crippen LogP contribution in [0.4, 0.5) is 0 Å². The van der Waals surface area contributed by atoms with Gasteiger partial charge in [-0.15, -0.1) is 0 Å². The topological polar surface area (TPSA) is 12.0 Å². The van der Waals surface area contributed by atoms with Crippen molar-refractivity contribution < 1.29 is 0 Å². The summed E-state index contributed by atoms with van der Waals surface area (Å²) in [6, 6.07) is 9.76. The maximum absolute atomic E-state index is 3.68. The van der Waals surface area contributed by atoms with Crippen molar-refractivity contribution in [3.63, 3.8) is 0 Å². The molecule has 1 aromatic carbocycles. The molecule has 1 saturated heterocycles. The van der Waals surface area contributed by atoms with Crippen LogP contribution in [0.5, 0.6) is 0 Å². The lowest BCUT2D eigenvalue weighted by Crippen LogP contribution is -2.20. The number of nitrogens with one attached hydrogen (secondary N) is 1. The van der Waals surface area contributed by atoms with Crippen LogP contribution in [0, 0.1) is 5.92 Å². The summed E-state index contributed by atoms with van der Waals surface area (Å²) in [6.07, 6.45) is 6.58. The van der Waals surface area contributed by atoms with E-state index in [-0.39, 0.29) is 0 Å². The highest BCUT2D eigenvalue weighted by molar-refractivity contribution is 5.26. The molecule has 1 aromatic rings. The van der Waals surface area contributed by atoms with Crippen LogP contribution in [0.25, 0.3) is 0 Å². The molecule has 0 saturated carbocycles. The molecule has 0 spiro atoms. The fourth-order valence-corrected chi connectivity index (χ4v) is 2.72. The highest BCUT2D eigenvalue weighted by atomic mass is 14.9. The van der Waals surface area contributed by atoms with Gasteiger partial charge in [0.25, 0.3) is 0 Å². The summed E-state index contributed by atoms with van der Waals surface area (Å²) in [5.74, 6) is 0.743. The average molecular weight is 231 g/mol. The third kappa shape index (κ3) is 3.85. The minimum Gasteiger partial charge on any atom is -0.310 e. The summed E-state index contributed by atoms with van der Waals surface area (Å²) in [4.78, 5) is 0. The van der Waals surface area contributed by atoms with Crippen LogP contribution in [0.2, 0.25) is 0 Å². The van der Waals surface area contributed by atoms with Crippen LogP contribution < -0.4 is 5.32 Å². The molecule has 1 heteroatoms. The normalized spacial score (nSPS) is 21.5. The molecule has 0 radical (unpaired) electrons. The Bertz CT molecular complexity index is 335. The van der Waals surface area contributed by atoms with Gasteiger partial charge in [-0.2, -0.15) is 0 Å². The first kappa shape index (κ1) is 12.6. The van der Waals surface area contributed by atoms with E-state index in [1.165, 1.54) is 49.8 Å². The van der Waals surface area contributed by atoms with Gasteiger partial charge in [-0.1, -0.05) is 51.0 Å². The predicted octanol–water partition coefficient (Wildman–Crippen LogP) is 4.09. The van der Waals surface area contributed by atoms with Gasteiger partial charge >= 0.3 is 0 Å². The molecular formula is C16H25N. The standard InChI is InChI=1S/C16H25N/c1-13(2)11-14-7-6-8-15(12-14)16-9-4-3-5-10-17-16/h6-8,12-13,16-17H,3-5,9-11H2,1-2H3. The van der Waals surface area contributed by atoms with Gasteiger partial charge in [-0.3, -0.25) is 0 Å². The highest BCUT2D eigenvalue weighted by Gasteiger charge is 2.13. The third-order valence-electron chi connectivity index (χ3n) is 3.56. The number of hydrogen-bond acceptors (Lipinski definition) is 1. The predicted molar refractivity (Wildman–Crippen MR) is 74.2 cm³/mol. The van der Waals surface area contributed by atoms with E-state index in [2.05, 4.69) is 43.4 Å². The highest BCUT2D eigenvalue weighted by Crippen LogP contribution is 2.24. The molecule has 1 heterocycles. The van der Waals surface area contributed by atoms with Crippen LogP contribution in [0.1, 0.15) is 56.7 Å². The molecule has 0 amide bonds. The van der Waals surface area contributed by atoms with Gasteiger partial charge in [0.1, 0.15) is 0 Å². The monoisotopic (exact) mass is 231 g/mol. The fraction of sp³-hybridized carbons (Fsp3) is 0.625. The molecule has 0 aromatic heterocycles. The molecule has 1 N–H and O–H groups in total. The van der Waals surface area contributed by atoms with Crippen molar-refractivity contribution in [2.45, 2.75) is 52.0 Å². The van der Waals surface area contributed by atoms with Gasteiger partial charge in [-0.25, -0.2) is 0 Å². The van der Waals surface area contributed by atoms with Crippen LogP contribution >= 0.6 is 0 Å². The zero-order chi connectivity index (χ0) is 12.1. The van der Waals surface area contributed by atoms with E-state index in [0.29, 0.717) is 6.04 Å². The summed E-state index contributed by atoms with van der Waals surface area (Å²) in [5.41, 5.74) is 2.98. The van der Waals surface area contributed by atoms with Gasteiger partial charge in [-0.05, 0) is 42.9 Å². The van der Waals surface area contributed by atoms with Crippen molar-refractivity contribution in [1.29, 1.82) is 0 Å². The van der Waals surface area contributed by atoms with E-state index in [1.54, 1.807) is 0 Å². The minimum atomic E-state index is 0.588. The first-order valence-electron chi connectivity index (χ1n) is 7.08. The summed E-state index contributed by atoms with van der Waals surface area (Å²) < 4.78 is 0. The Morgan fingerprint density at radius 2 is 2.12 bits per heavy atom. The Hall–Kier alpha value is -0.820. The minimum absolute atomic E-state index is 0.588. The number of benzene rings is 1. The Morgan fingerprint density at radius 1 is 1.24 bits per heavy atom. The molecule has 1 aliphatic rings. The van der Waals surface area contributed by atoms with Crippen molar-refractivity contribution in [3.8, 4) is 0 Å². The van der Waals surface area contributed by atoms with Crippen LogP contribution in [-0.2, 0) is 6.42 Å². The van der Waals surface area contributed by atoms with Gasteiger partial charge in [0.2, 0.25) is 0 Å². The third-order valence-corrected chi connectivity index (χ3v) is 3.56. The van der Waals surface area contributed by atoms with Gasteiger partial charge in [0.05, 0.1) is 0 Å². The molecule has 2 rings (SSSR count). The van der Waals surface area contributed by atoms with Crippen LogP contribution in [-0.4, -0.2) is 6.54 Å². The van der Waals surface area contributed by atoms with Crippen molar-refractivity contribution in [2.75, 3.05) is 6.54 Å². The van der Waals surface area contributed by atoms with E-state index in [0.717, 1.165) is 5.92 Å². The molecule has 0 aliphatic carbocycles. The van der Waals surface area contributed by atoms with E-state index in [9.17, 15) is 0 Å². The lowest BCUT2D eigenvalue weighted by atomic mass is 9.96. The molecule has 94 valence electrons. The maximum atomic E-state index is 3.68. The second kappa shape index (κ2) is 6.20. The summed E-state index contributed by atoms with van der Waals surface area (Å²) >= 11 is 0. The van der Waals surface area contributed by atoms with E-state index in [1.807, 2.05) is 0 Å². The van der Waals surface area contributed by atoms with Crippen molar-refractivity contribution >= 4 is 0 Å². The molecule has 1 unspecified atom stereocenters. The number of rotatable bonds is 3. The first-order valence-corrected chi connectivity index (χ1v) is 7.08. The SMILES string of the molecule is CC(C)Cc1cccc(C2CCCCCN2)c1. The van der Waals surface area contributed by atoms with Crippen molar-refractivity contribution in [3.05, 3.63) is 35.4 Å². The molecule has 1 aliphatic heterocycles. The smallest absolute Gasteiger partial charge is 0.0320 e. The lowest BCUT2D eigenvalue weighted by molar-refractivity contribution is 0.533. The Kier molecular flexibility index (Phi) is 4.61. The lowest BCUT2D eigenvalue weighted by Gasteiger charge is -2.17. The van der Waals surface area contributed by atoms with E-state index >= 15 is 0 Å². The van der Waals surface area contributed by atoms with Crippen LogP contribution in [0.3, 0.4) is 0 Å². The summed E-state index contributed by atoms with van der Waals surface area (Å²) in [6.45, 7) is 5.76. The van der Waals surface area contributed by atoms with Crippen molar-refractivity contribution in [1.82, 2.24) is 5.32 Å². The van der Waals surface area contributed by atoms with Gasteiger partial charge in [0.15, 0.2) is 0 Å². The molecule has 1 nitrogen and oxygen atoms in total. The number of hydrogen-bond donors (Lipinski definition) is 1. The Morgan fingerprint density at radius 3 is 2.94 bits per heavy atom. The summed E-state index contributed by atoms with van der Waals surface area (Å²) in [7, 11) is 0. The molecule has 0 bridgehead atoms. The van der Waals surface area contributed by atoms with Crippen LogP contribution in [0.15, 0.2) is 24.3 Å². The molecular weight excluding hydrogens is 206 g/mol. The van der Waals surface area contributed by atoms with Gasteiger partial charge < -0.3 is 5.32 Å². The quantitative estimate of drug-likeness (QED) is 0.826. The zero-order valence-corrected chi connectivity index (χ0v) is 11.2. The maximum Gasteiger partial charge on any atom is 0.0320 e. The fourth-order valence-electron chi connectivity index (χ4n) is 2.72. The van der Waals surface area contributed by atoms with E-state index in [4.69, 9.17) is 0 Å². The summed E-state index contributed by atoms with van der Waals surface area (Å²) in [5, 5.41) is 3.68. The van der Waals surface area contributed by atoms with Gasteiger partial charge in [0, 0.05) is 6.04 Å². The van der Waals surface area contributed by atoms with Crippen molar-refractivity contribution in [2.24, 2.45) is 5.92 Å². The first-order chi connectivity index (χ1) is 8.25. The molecule has 17 heavy (non-hydrogen) atoms. The molecule has 1 atom stereocenters. The Balaban J connectivity index is 2.08. The average Bonchev–Trinajstić information content (AvgIpc) is 2.57. The Labute approximate surface area is 106 Å². The van der Waals surface area contributed by atoms with E-state index < -0.39 is 0 Å². The second-order valence-electron chi connectivity index (χ2n) is 5.70. The largest absolute Gasteiger partial charge is 0.310 e.